The van der Waals surface area contributed by atoms with Crippen LogP contribution in [0.4, 0.5) is 0 Å². The number of hydrogen-bond donors (Lipinski definition) is 2. The molecule has 0 aliphatic heterocycles. The van der Waals surface area contributed by atoms with E-state index in [1.54, 1.807) is 0 Å². The summed E-state index contributed by atoms with van der Waals surface area (Å²) in [6, 6.07) is 0. The Morgan fingerprint density at radius 2 is 0.551 bits per heavy atom. The number of phosphoric acid groups is 1. The molecule has 0 bridgehead atoms. The summed E-state index contributed by atoms with van der Waals surface area (Å²) in [5.74, 6) is -0.797. The number of ether oxygens (including phenoxy) is 2. The van der Waals surface area contributed by atoms with Gasteiger partial charge in [-0.15, -0.1) is 0 Å². The Bertz CT molecular complexity index is 1460. The summed E-state index contributed by atoms with van der Waals surface area (Å²) in [5.41, 5.74) is 5.42. The van der Waals surface area contributed by atoms with E-state index in [1.165, 1.54) is 385 Å². The predicted octanol–water partition coefficient (Wildman–Crippen LogP) is 26.7. The van der Waals surface area contributed by atoms with Crippen molar-refractivity contribution in [3.8, 4) is 0 Å². The maximum Gasteiger partial charge on any atom is 0.472 e. The summed E-state index contributed by atoms with van der Waals surface area (Å²) in [6.45, 7) is 3.85. The number of carbonyl (C=O) groups excluding carboxylic acids is 2. The topological polar surface area (TPSA) is 134 Å². The van der Waals surface area contributed by atoms with E-state index in [9.17, 15) is 19.0 Å². The van der Waals surface area contributed by atoms with Crippen molar-refractivity contribution in [1.29, 1.82) is 0 Å². The molecule has 0 spiro atoms. The fraction of sp³-hybridized carbons (Fsp3) is 0.949. The molecular formula is C79H156NO8P. The van der Waals surface area contributed by atoms with Gasteiger partial charge in [-0.25, -0.2) is 4.57 Å². The van der Waals surface area contributed by atoms with Crippen molar-refractivity contribution in [3.05, 3.63) is 12.2 Å². The first kappa shape index (κ1) is 87.8. The van der Waals surface area contributed by atoms with Crippen LogP contribution >= 0.6 is 7.82 Å². The van der Waals surface area contributed by atoms with Gasteiger partial charge in [0, 0.05) is 19.4 Å². The molecule has 0 saturated carbocycles. The van der Waals surface area contributed by atoms with Crippen LogP contribution in [0.25, 0.3) is 0 Å². The Morgan fingerprint density at radius 1 is 0.326 bits per heavy atom. The molecule has 2 atom stereocenters. The SMILES string of the molecule is CCCCCCCCCC/C=C\CCCCCCCCCCCCCCCCCCCCCC(=O)OC(COC(=O)CCCCCCCCCCCCCCCCCCCCCCCCCCCCCCCCCCCCCCC)COP(=O)(O)OCCN. The molecule has 0 aromatic carbocycles. The van der Waals surface area contributed by atoms with Crippen molar-refractivity contribution >= 4 is 19.8 Å². The Labute approximate surface area is 555 Å². The summed E-state index contributed by atoms with van der Waals surface area (Å²) in [5, 5.41) is 0. The summed E-state index contributed by atoms with van der Waals surface area (Å²) >= 11 is 0. The highest BCUT2D eigenvalue weighted by Gasteiger charge is 2.26. The predicted molar refractivity (Wildman–Crippen MR) is 386 cm³/mol. The maximum absolute atomic E-state index is 12.8. The van der Waals surface area contributed by atoms with Crippen molar-refractivity contribution < 1.29 is 37.6 Å². The zero-order valence-corrected chi connectivity index (χ0v) is 60.9. The molecule has 10 heteroatoms. The molecule has 0 aliphatic carbocycles. The fourth-order valence-corrected chi connectivity index (χ4v) is 13.5. The number of hydrogen-bond acceptors (Lipinski definition) is 8. The molecule has 3 N–H and O–H groups in total. The highest BCUT2D eigenvalue weighted by atomic mass is 31.2. The van der Waals surface area contributed by atoms with Gasteiger partial charge < -0.3 is 20.1 Å². The second-order valence-electron chi connectivity index (χ2n) is 27.7. The third kappa shape index (κ3) is 75.7. The third-order valence-corrected chi connectivity index (χ3v) is 19.6. The molecule has 0 aromatic heterocycles. The molecule has 0 rings (SSSR count). The summed E-state index contributed by atoms with van der Waals surface area (Å²) in [6.07, 6.45) is 93.7. The van der Waals surface area contributed by atoms with Gasteiger partial charge in [-0.05, 0) is 38.5 Å². The highest BCUT2D eigenvalue weighted by molar-refractivity contribution is 7.47. The lowest BCUT2D eigenvalue weighted by Crippen LogP contribution is -2.29. The summed E-state index contributed by atoms with van der Waals surface area (Å²) in [4.78, 5) is 35.4. The van der Waals surface area contributed by atoms with Crippen LogP contribution in [0, 0.1) is 0 Å². The van der Waals surface area contributed by atoms with Crippen LogP contribution in [0.15, 0.2) is 12.2 Å². The Hall–Kier alpha value is -1.25. The first-order chi connectivity index (χ1) is 43.8. The molecule has 0 aromatic rings. The van der Waals surface area contributed by atoms with E-state index < -0.39 is 26.5 Å². The second kappa shape index (κ2) is 75.8. The lowest BCUT2D eigenvalue weighted by molar-refractivity contribution is -0.161. The van der Waals surface area contributed by atoms with Crippen LogP contribution in [0.3, 0.4) is 0 Å². The number of rotatable bonds is 78. The van der Waals surface area contributed by atoms with Crippen molar-refractivity contribution in [2.75, 3.05) is 26.4 Å². The van der Waals surface area contributed by atoms with Crippen molar-refractivity contribution in [1.82, 2.24) is 0 Å². The van der Waals surface area contributed by atoms with E-state index in [2.05, 4.69) is 26.0 Å². The van der Waals surface area contributed by atoms with Crippen molar-refractivity contribution in [2.45, 2.75) is 457 Å². The molecular weight excluding hydrogens is 1120 g/mol. The molecule has 0 aliphatic rings. The van der Waals surface area contributed by atoms with Gasteiger partial charge in [0.2, 0.25) is 0 Å². The van der Waals surface area contributed by atoms with Gasteiger partial charge >= 0.3 is 19.8 Å². The number of unbranched alkanes of at least 4 members (excludes halogenated alkanes) is 63. The normalized spacial score (nSPS) is 12.8. The monoisotopic (exact) mass is 1280 g/mol. The average molecular weight is 1280 g/mol. The number of esters is 2. The molecule has 9 nitrogen and oxygen atoms in total. The van der Waals surface area contributed by atoms with E-state index in [0.717, 1.165) is 32.1 Å². The molecule has 0 radical (unpaired) electrons. The van der Waals surface area contributed by atoms with Crippen LogP contribution in [-0.4, -0.2) is 49.3 Å². The number of carbonyl (C=O) groups is 2. The molecule has 0 fully saturated rings. The number of allylic oxidation sites excluding steroid dienone is 2. The zero-order valence-electron chi connectivity index (χ0n) is 60.0. The molecule has 2 unspecified atom stereocenters. The highest BCUT2D eigenvalue weighted by Crippen LogP contribution is 2.43. The van der Waals surface area contributed by atoms with Gasteiger partial charge in [0.25, 0.3) is 0 Å². The van der Waals surface area contributed by atoms with Crippen LogP contribution in [0.1, 0.15) is 450 Å². The molecule has 530 valence electrons. The van der Waals surface area contributed by atoms with Crippen molar-refractivity contribution in [2.24, 2.45) is 5.73 Å². The maximum atomic E-state index is 12.8. The summed E-state index contributed by atoms with van der Waals surface area (Å²) < 4.78 is 33.3. The molecule has 0 amide bonds. The zero-order chi connectivity index (χ0) is 64.4. The molecule has 0 saturated heterocycles. The molecule has 89 heavy (non-hydrogen) atoms. The Balaban J connectivity index is 3.73. The average Bonchev–Trinajstić information content (AvgIpc) is 3.68. The smallest absolute Gasteiger partial charge is 0.462 e. The first-order valence-corrected chi connectivity index (χ1v) is 41.7. The van der Waals surface area contributed by atoms with Gasteiger partial charge in [0.1, 0.15) is 6.61 Å². The fourth-order valence-electron chi connectivity index (χ4n) is 12.7. The Morgan fingerprint density at radius 3 is 0.798 bits per heavy atom. The van der Waals surface area contributed by atoms with Crippen molar-refractivity contribution in [3.63, 3.8) is 0 Å². The van der Waals surface area contributed by atoms with E-state index in [0.29, 0.717) is 6.42 Å². The number of phosphoric ester groups is 1. The van der Waals surface area contributed by atoms with Gasteiger partial charge in [-0.2, -0.15) is 0 Å². The third-order valence-electron chi connectivity index (χ3n) is 18.7. The first-order valence-electron chi connectivity index (χ1n) is 40.2. The van der Waals surface area contributed by atoms with Crippen LogP contribution in [0.2, 0.25) is 0 Å². The second-order valence-corrected chi connectivity index (χ2v) is 29.1. The lowest BCUT2D eigenvalue weighted by Gasteiger charge is -2.19. The van der Waals surface area contributed by atoms with E-state index in [1.807, 2.05) is 0 Å². The van der Waals surface area contributed by atoms with E-state index in [4.69, 9.17) is 24.3 Å². The quantitative estimate of drug-likeness (QED) is 0.0264. The summed E-state index contributed by atoms with van der Waals surface area (Å²) in [7, 11) is -4.39. The van der Waals surface area contributed by atoms with Gasteiger partial charge in [0.05, 0.1) is 13.2 Å². The van der Waals surface area contributed by atoms with Gasteiger partial charge in [0.15, 0.2) is 6.10 Å². The van der Waals surface area contributed by atoms with E-state index in [-0.39, 0.29) is 38.6 Å². The van der Waals surface area contributed by atoms with E-state index >= 15 is 0 Å². The van der Waals surface area contributed by atoms with Crippen LogP contribution in [-0.2, 0) is 32.7 Å². The van der Waals surface area contributed by atoms with Gasteiger partial charge in [-0.1, -0.05) is 411 Å². The minimum atomic E-state index is -4.39. The minimum absolute atomic E-state index is 0.0580. The molecule has 0 heterocycles. The van der Waals surface area contributed by atoms with Crippen LogP contribution < -0.4 is 5.73 Å². The lowest BCUT2D eigenvalue weighted by atomic mass is 10.0. The number of nitrogens with two attached hydrogens (primary N) is 1. The van der Waals surface area contributed by atoms with Crippen LogP contribution in [0.5, 0.6) is 0 Å². The Kier molecular flexibility index (Phi) is 74.7. The largest absolute Gasteiger partial charge is 0.472 e. The van der Waals surface area contributed by atoms with Gasteiger partial charge in [-0.3, -0.25) is 18.6 Å². The standard InChI is InChI=1S/C79H156NO8P/c1-3-5-7-9-11-13-15-17-19-21-23-25-27-29-31-33-35-36-37-38-39-40-42-43-45-47-49-51-53-55-57-59-61-63-65-67-69-71-78(81)85-75-77(76-87-89(83,84)86-74-73-80)88-79(82)72-70-68-66-64-62-60-58-56-54-52-50-48-46-44-41-34-32-30-28-26-24-22-20-18-16-14-12-10-8-6-4-2/h22,24,77H,3-21,23,25-76,80H2,1-2H3,(H,83,84)/b24-22-. The minimum Gasteiger partial charge on any atom is -0.462 e.